The normalized spacial score (nSPS) is 12.1. The number of nitrogens with one attached hydrogen (secondary N) is 1. The van der Waals surface area contributed by atoms with Gasteiger partial charge in [0.15, 0.2) is 5.13 Å². The van der Waals surface area contributed by atoms with Gasteiger partial charge in [-0.15, -0.1) is 11.3 Å². The summed E-state index contributed by atoms with van der Waals surface area (Å²) in [5, 5.41) is 14.2. The standard InChI is InChI=1S/C14H17N3O3S/c1-8(13(19)20)7-16-12(18)11-6-9(2)17(10(11)3)14-15-4-5-21-14/h4-6,8H,7H2,1-3H3,(H,16,18)(H,19,20). The Bertz CT molecular complexity index is 661. The number of hydrogen-bond donors (Lipinski definition) is 2. The number of amides is 1. The van der Waals surface area contributed by atoms with E-state index in [0.717, 1.165) is 16.5 Å². The lowest BCUT2D eigenvalue weighted by atomic mass is 10.1. The average molecular weight is 307 g/mol. The van der Waals surface area contributed by atoms with Gasteiger partial charge in [-0.25, -0.2) is 4.98 Å². The zero-order valence-corrected chi connectivity index (χ0v) is 12.9. The zero-order valence-electron chi connectivity index (χ0n) is 12.1. The van der Waals surface area contributed by atoms with E-state index < -0.39 is 11.9 Å². The Kier molecular flexibility index (Phi) is 4.42. The van der Waals surface area contributed by atoms with Gasteiger partial charge in [-0.3, -0.25) is 14.2 Å². The largest absolute Gasteiger partial charge is 0.481 e. The van der Waals surface area contributed by atoms with Gasteiger partial charge in [0.1, 0.15) is 0 Å². The molecule has 6 nitrogen and oxygen atoms in total. The van der Waals surface area contributed by atoms with Gasteiger partial charge in [0.05, 0.1) is 11.5 Å². The highest BCUT2D eigenvalue weighted by Crippen LogP contribution is 2.22. The summed E-state index contributed by atoms with van der Waals surface area (Å²) < 4.78 is 1.92. The Balaban J connectivity index is 2.20. The van der Waals surface area contributed by atoms with Gasteiger partial charge >= 0.3 is 5.97 Å². The quantitative estimate of drug-likeness (QED) is 0.885. The first kappa shape index (κ1) is 15.2. The number of hydrogen-bond acceptors (Lipinski definition) is 4. The van der Waals surface area contributed by atoms with Crippen molar-refractivity contribution in [2.45, 2.75) is 20.8 Å². The molecular formula is C14H17N3O3S. The monoisotopic (exact) mass is 307 g/mol. The molecule has 0 spiro atoms. The van der Waals surface area contributed by atoms with Crippen LogP contribution in [-0.2, 0) is 4.79 Å². The van der Waals surface area contributed by atoms with Crippen LogP contribution < -0.4 is 5.32 Å². The van der Waals surface area contributed by atoms with Crippen molar-refractivity contribution in [1.82, 2.24) is 14.9 Å². The lowest BCUT2D eigenvalue weighted by molar-refractivity contribution is -0.140. The minimum Gasteiger partial charge on any atom is -0.481 e. The third-order valence-electron chi connectivity index (χ3n) is 3.28. The van der Waals surface area contributed by atoms with Crippen LogP contribution in [0.25, 0.3) is 5.13 Å². The molecule has 0 fully saturated rings. The molecule has 2 aromatic rings. The van der Waals surface area contributed by atoms with E-state index in [1.165, 1.54) is 11.3 Å². The SMILES string of the molecule is Cc1cc(C(=O)NCC(C)C(=O)O)c(C)n1-c1nccs1. The maximum atomic E-state index is 12.2. The van der Waals surface area contributed by atoms with Crippen LogP contribution in [0.1, 0.15) is 28.7 Å². The van der Waals surface area contributed by atoms with Crippen molar-refractivity contribution in [3.8, 4) is 5.13 Å². The van der Waals surface area contributed by atoms with E-state index in [9.17, 15) is 9.59 Å². The van der Waals surface area contributed by atoms with Crippen molar-refractivity contribution >= 4 is 23.2 Å². The summed E-state index contributed by atoms with van der Waals surface area (Å²) in [4.78, 5) is 27.2. The predicted octanol–water partition coefficient (Wildman–Crippen LogP) is 2.00. The number of rotatable bonds is 5. The molecule has 112 valence electrons. The molecule has 0 saturated heterocycles. The number of carbonyl (C=O) groups excluding carboxylic acids is 1. The minimum absolute atomic E-state index is 0.106. The Hall–Kier alpha value is -2.15. The van der Waals surface area contributed by atoms with Gasteiger partial charge in [0.2, 0.25) is 0 Å². The number of thiazole rings is 1. The lowest BCUT2D eigenvalue weighted by Gasteiger charge is -2.09. The highest BCUT2D eigenvalue weighted by molar-refractivity contribution is 7.12. The molecule has 2 aromatic heterocycles. The fraction of sp³-hybridized carbons (Fsp3) is 0.357. The summed E-state index contributed by atoms with van der Waals surface area (Å²) in [7, 11) is 0. The smallest absolute Gasteiger partial charge is 0.308 e. The van der Waals surface area contributed by atoms with E-state index in [2.05, 4.69) is 10.3 Å². The van der Waals surface area contributed by atoms with E-state index in [4.69, 9.17) is 5.11 Å². The molecule has 0 bridgehead atoms. The second-order valence-electron chi connectivity index (χ2n) is 4.88. The molecule has 0 radical (unpaired) electrons. The number of aliphatic carboxylic acids is 1. The predicted molar refractivity (Wildman–Crippen MR) is 80.0 cm³/mol. The second kappa shape index (κ2) is 6.09. The first-order valence-corrected chi connectivity index (χ1v) is 7.39. The Labute approximate surface area is 126 Å². The maximum Gasteiger partial charge on any atom is 0.308 e. The van der Waals surface area contributed by atoms with Crippen molar-refractivity contribution in [2.24, 2.45) is 5.92 Å². The minimum atomic E-state index is -0.927. The van der Waals surface area contributed by atoms with E-state index in [1.54, 1.807) is 19.2 Å². The van der Waals surface area contributed by atoms with Crippen LogP contribution in [0.2, 0.25) is 0 Å². The summed E-state index contributed by atoms with van der Waals surface area (Å²) in [6.07, 6.45) is 1.72. The Morgan fingerprint density at radius 1 is 1.48 bits per heavy atom. The van der Waals surface area contributed by atoms with Crippen molar-refractivity contribution in [1.29, 1.82) is 0 Å². The average Bonchev–Trinajstić information content (AvgIpc) is 3.03. The van der Waals surface area contributed by atoms with Gasteiger partial charge in [-0.2, -0.15) is 0 Å². The number of nitrogens with zero attached hydrogens (tertiary/aromatic N) is 2. The van der Waals surface area contributed by atoms with Gasteiger partial charge < -0.3 is 10.4 Å². The van der Waals surface area contributed by atoms with Crippen molar-refractivity contribution in [3.63, 3.8) is 0 Å². The molecule has 1 amide bonds. The molecule has 0 aromatic carbocycles. The fourth-order valence-corrected chi connectivity index (χ4v) is 2.79. The van der Waals surface area contributed by atoms with E-state index in [-0.39, 0.29) is 12.5 Å². The number of carbonyl (C=O) groups is 2. The van der Waals surface area contributed by atoms with E-state index in [0.29, 0.717) is 5.56 Å². The summed E-state index contributed by atoms with van der Waals surface area (Å²) in [6, 6.07) is 1.79. The van der Waals surface area contributed by atoms with E-state index >= 15 is 0 Å². The highest BCUT2D eigenvalue weighted by atomic mass is 32.1. The van der Waals surface area contributed by atoms with Crippen LogP contribution >= 0.6 is 11.3 Å². The first-order valence-electron chi connectivity index (χ1n) is 6.51. The van der Waals surface area contributed by atoms with Gasteiger partial charge in [0.25, 0.3) is 5.91 Å². The molecule has 1 unspecified atom stereocenters. The summed E-state index contributed by atoms with van der Waals surface area (Å²) >= 11 is 1.49. The lowest BCUT2D eigenvalue weighted by Crippen LogP contribution is -2.31. The third-order valence-corrected chi connectivity index (χ3v) is 4.03. The third kappa shape index (κ3) is 3.13. The van der Waals surface area contributed by atoms with Gasteiger partial charge in [0, 0.05) is 29.5 Å². The van der Waals surface area contributed by atoms with Crippen molar-refractivity contribution in [3.05, 3.63) is 34.6 Å². The van der Waals surface area contributed by atoms with Crippen molar-refractivity contribution in [2.75, 3.05) is 6.54 Å². The van der Waals surface area contributed by atoms with Crippen LogP contribution in [0, 0.1) is 19.8 Å². The topological polar surface area (TPSA) is 84.2 Å². The molecule has 0 aliphatic heterocycles. The molecule has 0 aliphatic carbocycles. The highest BCUT2D eigenvalue weighted by Gasteiger charge is 2.19. The molecule has 21 heavy (non-hydrogen) atoms. The molecule has 2 N–H and O–H groups in total. The van der Waals surface area contributed by atoms with Crippen LogP contribution in [0.5, 0.6) is 0 Å². The number of aryl methyl sites for hydroxylation is 1. The second-order valence-corrected chi connectivity index (χ2v) is 5.76. The van der Waals surface area contributed by atoms with Crippen molar-refractivity contribution < 1.29 is 14.7 Å². The molecule has 2 rings (SSSR count). The van der Waals surface area contributed by atoms with Crippen LogP contribution in [0.15, 0.2) is 17.6 Å². The summed E-state index contributed by atoms with van der Waals surface area (Å²) in [5.41, 5.74) is 2.25. The molecular weight excluding hydrogens is 290 g/mol. The van der Waals surface area contributed by atoms with Crippen LogP contribution in [-0.4, -0.2) is 33.1 Å². The van der Waals surface area contributed by atoms with Gasteiger partial charge in [-0.05, 0) is 19.9 Å². The van der Waals surface area contributed by atoms with E-state index in [1.807, 2.05) is 23.8 Å². The number of carboxylic acid groups (broad SMARTS) is 1. The molecule has 7 heteroatoms. The molecule has 0 aliphatic rings. The van der Waals surface area contributed by atoms with Crippen LogP contribution in [0.4, 0.5) is 0 Å². The van der Waals surface area contributed by atoms with Gasteiger partial charge in [-0.1, -0.05) is 6.92 Å². The molecule has 2 heterocycles. The molecule has 0 saturated carbocycles. The fourth-order valence-electron chi connectivity index (χ4n) is 2.04. The zero-order chi connectivity index (χ0) is 15.6. The summed E-state index contributed by atoms with van der Waals surface area (Å²) in [6.45, 7) is 5.42. The van der Waals surface area contributed by atoms with Crippen LogP contribution in [0.3, 0.4) is 0 Å². The maximum absolute atomic E-state index is 12.2. The number of carboxylic acids is 1. The Morgan fingerprint density at radius 3 is 2.76 bits per heavy atom. The molecule has 1 atom stereocenters. The Morgan fingerprint density at radius 2 is 2.19 bits per heavy atom. The first-order chi connectivity index (χ1) is 9.91. The summed E-state index contributed by atoms with van der Waals surface area (Å²) in [5.74, 6) is -1.81. The number of aromatic nitrogens is 2.